The van der Waals surface area contributed by atoms with Crippen molar-refractivity contribution in [1.29, 1.82) is 0 Å². The van der Waals surface area contributed by atoms with Gasteiger partial charge in [0.2, 0.25) is 0 Å². The molecule has 1 aromatic carbocycles. The van der Waals surface area contributed by atoms with Gasteiger partial charge in [-0.25, -0.2) is 0 Å². The van der Waals surface area contributed by atoms with E-state index in [9.17, 15) is 5.11 Å². The molecule has 2 rings (SSSR count). The third-order valence-electron chi connectivity index (χ3n) is 3.91. The summed E-state index contributed by atoms with van der Waals surface area (Å²) in [6.07, 6.45) is 4.85. The number of hydrogen-bond acceptors (Lipinski definition) is 3. The molecule has 0 unspecified atom stereocenters. The second-order valence-electron chi connectivity index (χ2n) is 5.53. The van der Waals surface area contributed by atoms with E-state index in [1.165, 1.54) is 31.2 Å². The van der Waals surface area contributed by atoms with Crippen molar-refractivity contribution in [3.8, 4) is 5.75 Å². The Balaban J connectivity index is 1.73. The molecule has 1 aliphatic rings. The molecule has 1 aromatic rings. The van der Waals surface area contributed by atoms with Crippen LogP contribution in [0.2, 0.25) is 0 Å². The standard InChI is InChI=1S/C15H24N2O/c1-11-8-13(4-7-15(11)18)10-17-9-12-2-5-14(16)6-3-12/h4,7-8,12,14,17-18H,2-3,5-6,9-10,16H2,1H3/t12-,14+. The molecule has 0 heterocycles. The van der Waals surface area contributed by atoms with Gasteiger partial charge in [-0.05, 0) is 62.3 Å². The summed E-state index contributed by atoms with van der Waals surface area (Å²) in [6, 6.07) is 6.22. The van der Waals surface area contributed by atoms with E-state index in [-0.39, 0.29) is 0 Å². The molecule has 1 saturated carbocycles. The van der Waals surface area contributed by atoms with Crippen LogP contribution in [0.15, 0.2) is 18.2 Å². The Hall–Kier alpha value is -1.06. The van der Waals surface area contributed by atoms with Gasteiger partial charge in [0.15, 0.2) is 0 Å². The zero-order chi connectivity index (χ0) is 13.0. The summed E-state index contributed by atoms with van der Waals surface area (Å²) in [6.45, 7) is 3.89. The predicted octanol–water partition coefficient (Wildman–Crippen LogP) is 2.31. The first-order chi connectivity index (χ1) is 8.65. The van der Waals surface area contributed by atoms with Crippen LogP contribution < -0.4 is 11.1 Å². The lowest BCUT2D eigenvalue weighted by Gasteiger charge is -2.26. The first-order valence-corrected chi connectivity index (χ1v) is 6.90. The molecule has 0 bridgehead atoms. The zero-order valence-corrected chi connectivity index (χ0v) is 11.2. The van der Waals surface area contributed by atoms with Gasteiger partial charge in [0.1, 0.15) is 5.75 Å². The van der Waals surface area contributed by atoms with Crippen LogP contribution in [0.3, 0.4) is 0 Å². The fourth-order valence-electron chi connectivity index (χ4n) is 2.64. The van der Waals surface area contributed by atoms with Crippen LogP contribution in [0.4, 0.5) is 0 Å². The molecule has 3 heteroatoms. The van der Waals surface area contributed by atoms with Crippen molar-refractivity contribution < 1.29 is 5.11 Å². The molecule has 0 radical (unpaired) electrons. The summed E-state index contributed by atoms with van der Waals surface area (Å²) in [5.74, 6) is 1.16. The van der Waals surface area contributed by atoms with Gasteiger partial charge in [0.05, 0.1) is 0 Å². The topological polar surface area (TPSA) is 58.3 Å². The lowest BCUT2D eigenvalue weighted by molar-refractivity contribution is 0.314. The highest BCUT2D eigenvalue weighted by molar-refractivity contribution is 5.34. The van der Waals surface area contributed by atoms with Gasteiger partial charge in [-0.2, -0.15) is 0 Å². The van der Waals surface area contributed by atoms with Crippen molar-refractivity contribution in [1.82, 2.24) is 5.32 Å². The number of aromatic hydroxyl groups is 1. The third-order valence-corrected chi connectivity index (χ3v) is 3.91. The third kappa shape index (κ3) is 3.72. The van der Waals surface area contributed by atoms with E-state index in [0.717, 1.165) is 24.6 Å². The van der Waals surface area contributed by atoms with E-state index in [1.54, 1.807) is 6.07 Å². The average molecular weight is 248 g/mol. The number of benzene rings is 1. The lowest BCUT2D eigenvalue weighted by atomic mass is 9.86. The molecule has 4 N–H and O–H groups in total. The maximum Gasteiger partial charge on any atom is 0.118 e. The second kappa shape index (κ2) is 6.21. The normalized spacial score (nSPS) is 24.1. The molecule has 1 aliphatic carbocycles. The molecule has 100 valence electrons. The van der Waals surface area contributed by atoms with Crippen molar-refractivity contribution in [3.05, 3.63) is 29.3 Å². The molecule has 0 aliphatic heterocycles. The molecule has 0 spiro atoms. The van der Waals surface area contributed by atoms with E-state index >= 15 is 0 Å². The molecule has 3 nitrogen and oxygen atoms in total. The van der Waals surface area contributed by atoms with Crippen LogP contribution in [0.25, 0.3) is 0 Å². The number of hydrogen-bond donors (Lipinski definition) is 3. The Morgan fingerprint density at radius 1 is 1.28 bits per heavy atom. The summed E-state index contributed by atoms with van der Waals surface area (Å²) in [5.41, 5.74) is 8.08. The van der Waals surface area contributed by atoms with E-state index in [2.05, 4.69) is 5.32 Å². The molecule has 18 heavy (non-hydrogen) atoms. The van der Waals surface area contributed by atoms with Crippen LogP contribution in [0, 0.1) is 12.8 Å². The van der Waals surface area contributed by atoms with Crippen LogP contribution >= 0.6 is 0 Å². The Bertz CT molecular complexity index is 384. The largest absolute Gasteiger partial charge is 0.508 e. The fraction of sp³-hybridized carbons (Fsp3) is 0.600. The van der Waals surface area contributed by atoms with E-state index in [4.69, 9.17) is 5.73 Å². The van der Waals surface area contributed by atoms with Crippen LogP contribution in [0.1, 0.15) is 36.8 Å². The molecular formula is C15H24N2O. The quantitative estimate of drug-likeness (QED) is 0.766. The number of phenolic OH excluding ortho intramolecular Hbond substituents is 1. The van der Waals surface area contributed by atoms with Gasteiger partial charge in [-0.1, -0.05) is 12.1 Å². The maximum absolute atomic E-state index is 9.47. The highest BCUT2D eigenvalue weighted by Crippen LogP contribution is 2.22. The van der Waals surface area contributed by atoms with Crippen molar-refractivity contribution in [2.45, 2.75) is 45.2 Å². The molecule has 0 aromatic heterocycles. The minimum atomic E-state index is 0.375. The Kier molecular flexibility index (Phi) is 4.61. The minimum absolute atomic E-state index is 0.375. The van der Waals surface area contributed by atoms with Crippen LogP contribution in [-0.2, 0) is 6.54 Å². The summed E-state index contributed by atoms with van der Waals surface area (Å²) in [4.78, 5) is 0. The van der Waals surface area contributed by atoms with Crippen LogP contribution in [0.5, 0.6) is 5.75 Å². The van der Waals surface area contributed by atoms with Crippen molar-refractivity contribution in [3.63, 3.8) is 0 Å². The number of rotatable bonds is 4. The average Bonchev–Trinajstić information content (AvgIpc) is 2.36. The summed E-state index contributed by atoms with van der Waals surface area (Å²) < 4.78 is 0. The fourth-order valence-corrected chi connectivity index (χ4v) is 2.64. The Morgan fingerprint density at radius 3 is 2.67 bits per heavy atom. The molecular weight excluding hydrogens is 224 g/mol. The van der Waals surface area contributed by atoms with Crippen molar-refractivity contribution in [2.24, 2.45) is 11.7 Å². The first-order valence-electron chi connectivity index (χ1n) is 6.90. The van der Waals surface area contributed by atoms with E-state index in [0.29, 0.717) is 11.8 Å². The molecule has 1 fully saturated rings. The summed E-state index contributed by atoms with van der Waals surface area (Å²) in [7, 11) is 0. The lowest BCUT2D eigenvalue weighted by Crippen LogP contribution is -2.31. The second-order valence-corrected chi connectivity index (χ2v) is 5.53. The van der Waals surface area contributed by atoms with Gasteiger partial charge in [-0.15, -0.1) is 0 Å². The SMILES string of the molecule is Cc1cc(CNC[C@H]2CC[C@@H](N)CC2)ccc1O. The van der Waals surface area contributed by atoms with Gasteiger partial charge in [0.25, 0.3) is 0 Å². The number of aryl methyl sites for hydroxylation is 1. The van der Waals surface area contributed by atoms with Gasteiger partial charge < -0.3 is 16.2 Å². The monoisotopic (exact) mass is 248 g/mol. The molecule has 0 amide bonds. The smallest absolute Gasteiger partial charge is 0.118 e. The number of nitrogens with one attached hydrogen (secondary N) is 1. The summed E-state index contributed by atoms with van der Waals surface area (Å²) in [5, 5.41) is 13.0. The van der Waals surface area contributed by atoms with Crippen molar-refractivity contribution in [2.75, 3.05) is 6.54 Å². The van der Waals surface area contributed by atoms with Gasteiger partial charge in [-0.3, -0.25) is 0 Å². The first kappa shape index (κ1) is 13.4. The predicted molar refractivity (Wildman–Crippen MR) is 74.5 cm³/mol. The zero-order valence-electron chi connectivity index (χ0n) is 11.2. The van der Waals surface area contributed by atoms with Crippen LogP contribution in [-0.4, -0.2) is 17.7 Å². The van der Waals surface area contributed by atoms with E-state index < -0.39 is 0 Å². The highest BCUT2D eigenvalue weighted by Gasteiger charge is 2.17. The highest BCUT2D eigenvalue weighted by atomic mass is 16.3. The Labute approximate surface area is 109 Å². The van der Waals surface area contributed by atoms with Crippen molar-refractivity contribution >= 4 is 0 Å². The molecule has 0 saturated heterocycles. The molecule has 0 atom stereocenters. The minimum Gasteiger partial charge on any atom is -0.508 e. The summed E-state index contributed by atoms with van der Waals surface area (Å²) >= 11 is 0. The van der Waals surface area contributed by atoms with E-state index in [1.807, 2.05) is 19.1 Å². The number of phenols is 1. The van der Waals surface area contributed by atoms with Gasteiger partial charge >= 0.3 is 0 Å². The van der Waals surface area contributed by atoms with Gasteiger partial charge in [0, 0.05) is 12.6 Å². The Morgan fingerprint density at radius 2 is 2.00 bits per heavy atom. The maximum atomic E-state index is 9.47. The number of nitrogens with two attached hydrogens (primary N) is 1.